The van der Waals surface area contributed by atoms with Crippen molar-refractivity contribution in [3.63, 3.8) is 0 Å². The lowest BCUT2D eigenvalue weighted by molar-refractivity contribution is -0.116. The van der Waals surface area contributed by atoms with E-state index in [0.717, 1.165) is 27.9 Å². The number of methoxy groups -OCH3 is 1. The van der Waals surface area contributed by atoms with Gasteiger partial charge in [0.15, 0.2) is 0 Å². The Bertz CT molecular complexity index is 831. The summed E-state index contributed by atoms with van der Waals surface area (Å²) in [4.78, 5) is 15.4. The number of carbonyl (C=O) groups is 1. The minimum atomic E-state index is -0.266. The molecule has 0 saturated carbocycles. The molecule has 0 unspecified atom stereocenters. The first-order valence-electron chi connectivity index (χ1n) is 7.42. The van der Waals surface area contributed by atoms with Crippen LogP contribution in [0.4, 0.5) is 0 Å². The predicted molar refractivity (Wildman–Crippen MR) is 89.4 cm³/mol. The molecular weight excluding hydrogens is 294 g/mol. The lowest BCUT2D eigenvalue weighted by Crippen LogP contribution is -2.16. The molecule has 6 heteroatoms. The van der Waals surface area contributed by atoms with Crippen LogP contribution in [0, 0.1) is 6.92 Å². The Labute approximate surface area is 134 Å². The first-order chi connectivity index (χ1) is 11.0. The van der Waals surface area contributed by atoms with Gasteiger partial charge in [0.25, 0.3) is 5.91 Å². The molecule has 23 heavy (non-hydrogen) atoms. The Hall–Kier alpha value is -2.76. The smallest absolute Gasteiger partial charge is 0.277 e. The molecule has 1 aliphatic heterocycles. The Morgan fingerprint density at radius 1 is 1.30 bits per heavy atom. The molecule has 1 aromatic heterocycles. The Morgan fingerprint density at radius 3 is 2.78 bits per heavy atom. The minimum absolute atomic E-state index is 0.0611. The van der Waals surface area contributed by atoms with Gasteiger partial charge in [0.2, 0.25) is 5.90 Å². The van der Waals surface area contributed by atoms with E-state index in [-0.39, 0.29) is 12.0 Å². The van der Waals surface area contributed by atoms with Gasteiger partial charge in [-0.05, 0) is 45.0 Å². The number of ether oxygens (including phenoxy) is 2. The Kier molecular flexibility index (Phi) is 3.82. The summed E-state index contributed by atoms with van der Waals surface area (Å²) < 4.78 is 10.9. The van der Waals surface area contributed by atoms with Crippen molar-refractivity contribution in [3.8, 4) is 5.75 Å². The van der Waals surface area contributed by atoms with Crippen molar-refractivity contribution in [2.45, 2.75) is 26.9 Å². The van der Waals surface area contributed by atoms with Crippen molar-refractivity contribution < 1.29 is 14.3 Å². The van der Waals surface area contributed by atoms with Crippen LogP contribution in [-0.4, -0.2) is 30.0 Å². The van der Waals surface area contributed by atoms with E-state index in [2.05, 4.69) is 15.5 Å². The van der Waals surface area contributed by atoms with Crippen LogP contribution in [0.3, 0.4) is 0 Å². The number of rotatable bonds is 3. The third kappa shape index (κ3) is 2.79. The van der Waals surface area contributed by atoms with Crippen LogP contribution in [0.15, 0.2) is 28.9 Å². The van der Waals surface area contributed by atoms with Crippen LogP contribution >= 0.6 is 0 Å². The highest BCUT2D eigenvalue weighted by molar-refractivity contribution is 6.25. The molecule has 2 heterocycles. The monoisotopic (exact) mass is 313 g/mol. The Morgan fingerprint density at radius 2 is 2.09 bits per heavy atom. The van der Waals surface area contributed by atoms with Crippen molar-refractivity contribution in [3.05, 3.63) is 35.0 Å². The molecule has 2 N–H and O–H groups in total. The van der Waals surface area contributed by atoms with Gasteiger partial charge in [0, 0.05) is 22.2 Å². The quantitative estimate of drug-likeness (QED) is 0.856. The number of amides is 1. The van der Waals surface area contributed by atoms with Crippen LogP contribution in [0.1, 0.15) is 25.1 Å². The van der Waals surface area contributed by atoms with Gasteiger partial charge in [-0.1, -0.05) is 0 Å². The number of H-pyrrole nitrogens is 1. The van der Waals surface area contributed by atoms with Gasteiger partial charge in [0.05, 0.1) is 13.2 Å². The number of hydrogen-bond donors (Lipinski definition) is 2. The zero-order valence-electron chi connectivity index (χ0n) is 13.6. The summed E-state index contributed by atoms with van der Waals surface area (Å²) >= 11 is 0. The average molecular weight is 313 g/mol. The maximum atomic E-state index is 12.1. The van der Waals surface area contributed by atoms with Crippen molar-refractivity contribution in [1.29, 1.82) is 0 Å². The summed E-state index contributed by atoms with van der Waals surface area (Å²) in [7, 11) is 1.63. The van der Waals surface area contributed by atoms with Gasteiger partial charge in [-0.3, -0.25) is 4.79 Å². The van der Waals surface area contributed by atoms with Crippen LogP contribution in [0.25, 0.3) is 17.0 Å². The van der Waals surface area contributed by atoms with Gasteiger partial charge in [-0.15, -0.1) is 5.10 Å². The summed E-state index contributed by atoms with van der Waals surface area (Å²) in [5, 5.41) is 4.94. The zero-order valence-corrected chi connectivity index (χ0v) is 13.6. The predicted octanol–water partition coefficient (Wildman–Crippen LogP) is 2.74. The molecule has 0 bridgehead atoms. The topological polar surface area (TPSA) is 75.7 Å². The number of carbonyl (C=O) groups excluding carboxylic acids is 1. The largest absolute Gasteiger partial charge is 0.497 e. The highest BCUT2D eigenvalue weighted by Crippen LogP contribution is 2.29. The number of hydrazone groups is 1. The van der Waals surface area contributed by atoms with E-state index < -0.39 is 0 Å². The summed E-state index contributed by atoms with van der Waals surface area (Å²) in [6.45, 7) is 5.75. The molecule has 1 aromatic carbocycles. The fourth-order valence-corrected chi connectivity index (χ4v) is 2.54. The number of nitrogens with zero attached hydrogens (tertiary/aromatic N) is 1. The van der Waals surface area contributed by atoms with E-state index in [1.54, 1.807) is 13.2 Å². The van der Waals surface area contributed by atoms with E-state index in [9.17, 15) is 4.79 Å². The number of fused-ring (bicyclic) bond motifs is 1. The second-order valence-electron chi connectivity index (χ2n) is 5.66. The normalized spacial score (nSPS) is 16.1. The molecule has 0 fully saturated rings. The molecule has 0 aliphatic carbocycles. The van der Waals surface area contributed by atoms with E-state index in [1.807, 2.05) is 39.0 Å². The van der Waals surface area contributed by atoms with Gasteiger partial charge < -0.3 is 14.5 Å². The molecule has 1 aliphatic rings. The van der Waals surface area contributed by atoms with Gasteiger partial charge in [-0.2, -0.15) is 0 Å². The van der Waals surface area contributed by atoms with Crippen LogP contribution < -0.4 is 10.2 Å². The van der Waals surface area contributed by atoms with Crippen molar-refractivity contribution in [2.24, 2.45) is 5.10 Å². The summed E-state index contributed by atoms with van der Waals surface area (Å²) in [5.74, 6) is 0.818. The SMILES string of the molecule is COc1ccc2[nH]c(C)c(C=C3C(=O)NN=C3OC(C)C)c2c1. The summed E-state index contributed by atoms with van der Waals surface area (Å²) in [6, 6.07) is 5.79. The average Bonchev–Trinajstić information content (AvgIpc) is 3.00. The Balaban J connectivity index is 2.10. The number of aryl methyl sites for hydroxylation is 1. The van der Waals surface area contributed by atoms with E-state index in [4.69, 9.17) is 9.47 Å². The second-order valence-corrected chi connectivity index (χ2v) is 5.66. The molecule has 6 nitrogen and oxygen atoms in total. The maximum absolute atomic E-state index is 12.1. The molecular formula is C17H19N3O3. The molecule has 3 rings (SSSR count). The van der Waals surface area contributed by atoms with E-state index >= 15 is 0 Å². The fraction of sp³-hybridized carbons (Fsp3) is 0.294. The van der Waals surface area contributed by atoms with Crippen molar-refractivity contribution in [2.75, 3.05) is 7.11 Å². The molecule has 1 amide bonds. The number of aromatic nitrogens is 1. The third-order valence-electron chi connectivity index (χ3n) is 3.61. The highest BCUT2D eigenvalue weighted by Gasteiger charge is 2.26. The minimum Gasteiger partial charge on any atom is -0.497 e. The highest BCUT2D eigenvalue weighted by atomic mass is 16.5. The number of aromatic amines is 1. The number of benzene rings is 1. The number of hydrogen-bond acceptors (Lipinski definition) is 4. The van der Waals surface area contributed by atoms with Crippen LogP contribution in [0.2, 0.25) is 0 Å². The molecule has 0 radical (unpaired) electrons. The molecule has 0 saturated heterocycles. The lowest BCUT2D eigenvalue weighted by atomic mass is 10.1. The van der Waals surface area contributed by atoms with Crippen LogP contribution in [0.5, 0.6) is 5.75 Å². The van der Waals surface area contributed by atoms with Crippen molar-refractivity contribution >= 4 is 28.8 Å². The second kappa shape index (κ2) is 5.79. The van der Waals surface area contributed by atoms with Gasteiger partial charge in [0.1, 0.15) is 11.3 Å². The summed E-state index contributed by atoms with van der Waals surface area (Å²) in [6.07, 6.45) is 1.74. The molecule has 2 aromatic rings. The van der Waals surface area contributed by atoms with Crippen LogP contribution in [-0.2, 0) is 9.53 Å². The van der Waals surface area contributed by atoms with Crippen molar-refractivity contribution in [1.82, 2.24) is 10.4 Å². The number of nitrogens with one attached hydrogen (secondary N) is 2. The molecule has 120 valence electrons. The first kappa shape index (κ1) is 15.1. The molecule has 0 atom stereocenters. The van der Waals surface area contributed by atoms with E-state index in [1.165, 1.54) is 0 Å². The standard InChI is InChI=1S/C17H19N3O3/c1-9(2)23-17-14(16(21)19-20-17)8-12-10(3)18-15-6-5-11(22-4)7-13(12)15/h5-9,18H,1-4H3,(H,19,21). The fourth-order valence-electron chi connectivity index (χ4n) is 2.54. The molecule has 0 spiro atoms. The maximum Gasteiger partial charge on any atom is 0.277 e. The first-order valence-corrected chi connectivity index (χ1v) is 7.42. The summed E-state index contributed by atoms with van der Waals surface area (Å²) in [5.41, 5.74) is 5.74. The zero-order chi connectivity index (χ0) is 16.6. The van der Waals surface area contributed by atoms with E-state index in [0.29, 0.717) is 11.5 Å². The lowest BCUT2D eigenvalue weighted by Gasteiger charge is -2.08. The third-order valence-corrected chi connectivity index (χ3v) is 3.61. The van der Waals surface area contributed by atoms with Gasteiger partial charge >= 0.3 is 0 Å². The van der Waals surface area contributed by atoms with Gasteiger partial charge in [-0.25, -0.2) is 5.43 Å².